The molecule has 3 aromatic rings. The van der Waals surface area contributed by atoms with E-state index in [-0.39, 0.29) is 18.1 Å². The maximum Gasteiger partial charge on any atom is 0.339 e. The van der Waals surface area contributed by atoms with Crippen molar-refractivity contribution in [1.82, 2.24) is 9.38 Å². The standard InChI is InChI=1S/C20H22N2O3S/c1-10-9-26-20-21-16(7-17(23)22(10)20)8-25-19(24)18-14(5)12(3)11(2)13(4)15(18)6/h7,9H,8H2,1-6H3. The van der Waals surface area contributed by atoms with Crippen molar-refractivity contribution in [2.45, 2.75) is 48.1 Å². The molecule has 2 heterocycles. The number of aryl methyl sites for hydroxylation is 1. The van der Waals surface area contributed by atoms with E-state index in [4.69, 9.17) is 4.74 Å². The molecule has 0 radical (unpaired) electrons. The molecule has 0 N–H and O–H groups in total. The summed E-state index contributed by atoms with van der Waals surface area (Å²) in [4.78, 5) is 29.9. The Balaban J connectivity index is 1.90. The Bertz CT molecular complexity index is 1060. The van der Waals surface area contributed by atoms with Crippen LogP contribution in [-0.4, -0.2) is 15.4 Å². The molecule has 0 saturated carbocycles. The third-order valence-corrected chi connectivity index (χ3v) is 6.13. The van der Waals surface area contributed by atoms with Gasteiger partial charge in [0.15, 0.2) is 4.96 Å². The first kappa shape index (κ1) is 18.3. The molecule has 2 aromatic heterocycles. The summed E-state index contributed by atoms with van der Waals surface area (Å²) in [6.07, 6.45) is 0. The Morgan fingerprint density at radius 2 is 1.62 bits per heavy atom. The van der Waals surface area contributed by atoms with Gasteiger partial charge < -0.3 is 4.74 Å². The highest BCUT2D eigenvalue weighted by molar-refractivity contribution is 7.15. The largest absolute Gasteiger partial charge is 0.456 e. The number of carbonyl (C=O) groups excluding carboxylic acids is 1. The second kappa shape index (κ2) is 6.68. The van der Waals surface area contributed by atoms with Gasteiger partial charge in [0, 0.05) is 17.1 Å². The van der Waals surface area contributed by atoms with Crippen LogP contribution in [0.25, 0.3) is 4.96 Å². The van der Waals surface area contributed by atoms with Gasteiger partial charge >= 0.3 is 5.97 Å². The van der Waals surface area contributed by atoms with Crippen molar-refractivity contribution in [2.75, 3.05) is 0 Å². The molecule has 0 aliphatic heterocycles. The SMILES string of the molecule is Cc1c(C)c(C)c(C(=O)OCc2cc(=O)n3c(C)csc3n2)c(C)c1C. The molecule has 0 bridgehead atoms. The lowest BCUT2D eigenvalue weighted by Gasteiger charge is -2.17. The van der Waals surface area contributed by atoms with Crippen molar-refractivity contribution >= 4 is 22.3 Å². The third kappa shape index (κ3) is 2.94. The van der Waals surface area contributed by atoms with E-state index < -0.39 is 0 Å². The smallest absolute Gasteiger partial charge is 0.339 e. The highest BCUT2D eigenvalue weighted by atomic mass is 32.1. The van der Waals surface area contributed by atoms with Crippen LogP contribution in [0.2, 0.25) is 0 Å². The molecule has 0 unspecified atom stereocenters. The molecular weight excluding hydrogens is 348 g/mol. The minimum atomic E-state index is -0.379. The van der Waals surface area contributed by atoms with Gasteiger partial charge in [-0.2, -0.15) is 0 Å². The zero-order chi connectivity index (χ0) is 19.2. The quantitative estimate of drug-likeness (QED) is 0.655. The summed E-state index contributed by atoms with van der Waals surface area (Å²) in [6.45, 7) is 11.8. The van der Waals surface area contributed by atoms with Gasteiger partial charge in [-0.1, -0.05) is 0 Å². The topological polar surface area (TPSA) is 60.7 Å². The molecule has 6 heteroatoms. The number of carbonyl (C=O) groups is 1. The lowest BCUT2D eigenvalue weighted by Crippen LogP contribution is -2.17. The van der Waals surface area contributed by atoms with Gasteiger partial charge in [0.2, 0.25) is 0 Å². The number of ether oxygens (including phenoxy) is 1. The van der Waals surface area contributed by atoms with Crippen LogP contribution in [0.3, 0.4) is 0 Å². The van der Waals surface area contributed by atoms with E-state index in [2.05, 4.69) is 11.9 Å². The highest BCUT2D eigenvalue weighted by Crippen LogP contribution is 2.26. The second-order valence-electron chi connectivity index (χ2n) is 6.66. The number of aromatic nitrogens is 2. The molecule has 26 heavy (non-hydrogen) atoms. The summed E-state index contributed by atoms with van der Waals surface area (Å²) in [7, 11) is 0. The molecule has 136 valence electrons. The molecule has 0 aliphatic carbocycles. The van der Waals surface area contributed by atoms with Gasteiger partial charge in [-0.05, 0) is 69.4 Å². The Hall–Kier alpha value is -2.47. The van der Waals surface area contributed by atoms with Crippen LogP contribution in [-0.2, 0) is 11.3 Å². The molecule has 0 aliphatic rings. The van der Waals surface area contributed by atoms with Crippen molar-refractivity contribution in [3.8, 4) is 0 Å². The number of nitrogens with zero attached hydrogens (tertiary/aromatic N) is 2. The Kier molecular flexibility index (Phi) is 4.71. The fraction of sp³-hybridized carbons (Fsp3) is 0.350. The molecule has 1 aromatic carbocycles. The number of fused-ring (bicyclic) bond motifs is 1. The predicted molar refractivity (Wildman–Crippen MR) is 103 cm³/mol. The van der Waals surface area contributed by atoms with Crippen LogP contribution >= 0.6 is 11.3 Å². The van der Waals surface area contributed by atoms with Crippen LogP contribution < -0.4 is 5.56 Å². The third-order valence-electron chi connectivity index (χ3n) is 5.18. The predicted octanol–water partition coefficient (Wildman–Crippen LogP) is 3.96. The van der Waals surface area contributed by atoms with Gasteiger partial charge in [0.1, 0.15) is 6.61 Å². The van der Waals surface area contributed by atoms with E-state index in [9.17, 15) is 9.59 Å². The lowest BCUT2D eigenvalue weighted by molar-refractivity contribution is 0.0465. The zero-order valence-corrected chi connectivity index (χ0v) is 16.7. The van der Waals surface area contributed by atoms with Crippen LogP contribution in [0.4, 0.5) is 0 Å². The van der Waals surface area contributed by atoms with E-state index in [1.54, 1.807) is 4.40 Å². The van der Waals surface area contributed by atoms with Crippen molar-refractivity contribution in [3.63, 3.8) is 0 Å². The van der Waals surface area contributed by atoms with Gasteiger partial charge in [0.25, 0.3) is 5.56 Å². The highest BCUT2D eigenvalue weighted by Gasteiger charge is 2.20. The first-order valence-electron chi connectivity index (χ1n) is 8.43. The van der Waals surface area contributed by atoms with Crippen molar-refractivity contribution in [2.24, 2.45) is 0 Å². The van der Waals surface area contributed by atoms with E-state index >= 15 is 0 Å². The van der Waals surface area contributed by atoms with Gasteiger partial charge in [0.05, 0.1) is 11.3 Å². The molecule has 0 spiro atoms. The first-order valence-corrected chi connectivity index (χ1v) is 9.31. The maximum atomic E-state index is 12.7. The van der Waals surface area contributed by atoms with E-state index in [0.717, 1.165) is 27.9 Å². The molecule has 0 saturated heterocycles. The second-order valence-corrected chi connectivity index (χ2v) is 7.49. The fourth-order valence-electron chi connectivity index (χ4n) is 3.19. The molecule has 3 rings (SSSR count). The Morgan fingerprint density at radius 3 is 2.23 bits per heavy atom. The molecule has 5 nitrogen and oxygen atoms in total. The van der Waals surface area contributed by atoms with Crippen molar-refractivity contribution < 1.29 is 9.53 Å². The van der Waals surface area contributed by atoms with Crippen LogP contribution in [0.5, 0.6) is 0 Å². The number of hydrogen-bond donors (Lipinski definition) is 0. The Morgan fingerprint density at radius 1 is 1.04 bits per heavy atom. The normalized spacial score (nSPS) is 11.2. The summed E-state index contributed by atoms with van der Waals surface area (Å²) >= 11 is 1.39. The monoisotopic (exact) mass is 370 g/mol. The average Bonchev–Trinajstić information content (AvgIpc) is 2.98. The minimum absolute atomic E-state index is 0.0215. The Labute approximate surface area is 156 Å². The van der Waals surface area contributed by atoms with Gasteiger partial charge in [-0.25, -0.2) is 9.78 Å². The van der Waals surface area contributed by atoms with Crippen LogP contribution in [0.1, 0.15) is 49.6 Å². The average molecular weight is 370 g/mol. The summed E-state index contributed by atoms with van der Waals surface area (Å²) in [5, 5.41) is 1.88. The number of rotatable bonds is 3. The number of hydrogen-bond acceptors (Lipinski definition) is 5. The summed E-state index contributed by atoms with van der Waals surface area (Å²) < 4.78 is 7.04. The number of esters is 1. The fourth-order valence-corrected chi connectivity index (χ4v) is 4.08. The zero-order valence-electron chi connectivity index (χ0n) is 15.9. The van der Waals surface area contributed by atoms with E-state index in [0.29, 0.717) is 16.2 Å². The molecule has 0 fully saturated rings. The first-order chi connectivity index (χ1) is 12.2. The number of benzene rings is 1. The van der Waals surface area contributed by atoms with Crippen molar-refractivity contribution in [1.29, 1.82) is 0 Å². The summed E-state index contributed by atoms with van der Waals surface area (Å²) in [6, 6.07) is 1.42. The lowest BCUT2D eigenvalue weighted by atomic mass is 9.90. The van der Waals surface area contributed by atoms with Gasteiger partial charge in [-0.3, -0.25) is 9.20 Å². The van der Waals surface area contributed by atoms with Crippen LogP contribution in [0, 0.1) is 41.5 Å². The van der Waals surface area contributed by atoms with E-state index in [1.807, 2.05) is 40.0 Å². The summed E-state index contributed by atoms with van der Waals surface area (Å²) in [5.74, 6) is -0.379. The van der Waals surface area contributed by atoms with E-state index in [1.165, 1.54) is 23.0 Å². The molecule has 0 atom stereocenters. The maximum absolute atomic E-state index is 12.7. The van der Waals surface area contributed by atoms with Crippen molar-refractivity contribution in [3.05, 3.63) is 66.6 Å². The molecule has 0 amide bonds. The van der Waals surface area contributed by atoms with Crippen LogP contribution in [0.15, 0.2) is 16.2 Å². The molecular formula is C20H22N2O3S. The minimum Gasteiger partial charge on any atom is -0.456 e. The summed E-state index contributed by atoms with van der Waals surface area (Å²) in [5.41, 5.74) is 7.04. The number of thiazole rings is 1. The van der Waals surface area contributed by atoms with Gasteiger partial charge in [-0.15, -0.1) is 11.3 Å².